The SMILES string of the molecule is COc1cc(-c2cc(N)nc(-c3ccc(F)cc3)c2C#N)cc(N2CCC(OC)C2)c1. The average Bonchev–Trinajstić information content (AvgIpc) is 3.28. The number of nitrogen functional groups attached to an aromatic ring is 1. The first-order chi connectivity index (χ1) is 15.0. The van der Waals surface area contributed by atoms with Crippen LogP contribution in [-0.2, 0) is 4.74 Å². The van der Waals surface area contributed by atoms with Gasteiger partial charge >= 0.3 is 0 Å². The van der Waals surface area contributed by atoms with Crippen LogP contribution in [0, 0.1) is 17.1 Å². The molecule has 2 N–H and O–H groups in total. The normalized spacial score (nSPS) is 15.7. The van der Waals surface area contributed by atoms with E-state index in [1.807, 2.05) is 18.2 Å². The van der Waals surface area contributed by atoms with Crippen LogP contribution in [0.2, 0.25) is 0 Å². The maximum Gasteiger partial charge on any atom is 0.124 e. The lowest BCUT2D eigenvalue weighted by Gasteiger charge is -2.21. The first-order valence-corrected chi connectivity index (χ1v) is 9.96. The molecule has 0 amide bonds. The summed E-state index contributed by atoms with van der Waals surface area (Å²) < 4.78 is 24.4. The highest BCUT2D eigenvalue weighted by atomic mass is 19.1. The van der Waals surface area contributed by atoms with Gasteiger partial charge in [0.2, 0.25) is 0 Å². The van der Waals surface area contributed by atoms with Gasteiger partial charge in [-0.1, -0.05) is 0 Å². The first-order valence-electron chi connectivity index (χ1n) is 9.96. The Morgan fingerprint density at radius 1 is 1.13 bits per heavy atom. The Kier molecular flexibility index (Phi) is 5.74. The molecular weight excluding hydrogens is 395 g/mol. The number of aromatic nitrogens is 1. The number of halogens is 1. The molecule has 2 aromatic carbocycles. The zero-order valence-electron chi connectivity index (χ0n) is 17.4. The Balaban J connectivity index is 1.85. The lowest BCUT2D eigenvalue weighted by molar-refractivity contribution is 0.121. The standard InChI is InChI=1S/C24H23FN4O2/c1-30-19-7-8-29(14-19)18-9-16(10-20(11-18)31-2)21-12-23(27)28-24(22(21)13-26)15-3-5-17(25)6-4-15/h3-6,9-12,19H,7-8,14H2,1-2H3,(H2,27,28). The summed E-state index contributed by atoms with van der Waals surface area (Å²) in [5.41, 5.74) is 9.94. The number of rotatable bonds is 5. The van der Waals surface area contributed by atoms with Crippen molar-refractivity contribution in [3.05, 3.63) is 59.9 Å². The molecule has 1 atom stereocenters. The van der Waals surface area contributed by atoms with Crippen molar-refractivity contribution >= 4 is 11.5 Å². The molecule has 3 aromatic rings. The number of nitrogens with two attached hydrogens (primary N) is 1. The minimum absolute atomic E-state index is 0.186. The number of nitriles is 1. The van der Waals surface area contributed by atoms with Crippen LogP contribution in [0.1, 0.15) is 12.0 Å². The fourth-order valence-corrected chi connectivity index (χ4v) is 3.92. The molecule has 1 unspecified atom stereocenters. The number of anilines is 2. The lowest BCUT2D eigenvalue weighted by Crippen LogP contribution is -2.22. The van der Waals surface area contributed by atoms with Crippen molar-refractivity contribution in [3.63, 3.8) is 0 Å². The molecule has 31 heavy (non-hydrogen) atoms. The van der Waals surface area contributed by atoms with Gasteiger partial charge in [0.25, 0.3) is 0 Å². The van der Waals surface area contributed by atoms with Crippen molar-refractivity contribution in [3.8, 4) is 34.2 Å². The van der Waals surface area contributed by atoms with Gasteiger partial charge in [-0.2, -0.15) is 5.26 Å². The highest BCUT2D eigenvalue weighted by Gasteiger charge is 2.24. The number of benzene rings is 2. The van der Waals surface area contributed by atoms with E-state index in [4.69, 9.17) is 15.2 Å². The number of nitrogens with zero attached hydrogens (tertiary/aromatic N) is 3. The zero-order valence-corrected chi connectivity index (χ0v) is 17.4. The van der Waals surface area contributed by atoms with E-state index in [0.717, 1.165) is 30.8 Å². The van der Waals surface area contributed by atoms with Crippen LogP contribution < -0.4 is 15.4 Å². The predicted octanol–water partition coefficient (Wildman–Crippen LogP) is 4.24. The smallest absolute Gasteiger partial charge is 0.124 e. The van der Waals surface area contributed by atoms with E-state index >= 15 is 0 Å². The minimum Gasteiger partial charge on any atom is -0.497 e. The molecule has 0 radical (unpaired) electrons. The quantitative estimate of drug-likeness (QED) is 0.667. The van der Waals surface area contributed by atoms with Crippen molar-refractivity contribution < 1.29 is 13.9 Å². The van der Waals surface area contributed by atoms with E-state index in [0.29, 0.717) is 28.1 Å². The van der Waals surface area contributed by atoms with Crippen LogP contribution in [0.5, 0.6) is 5.75 Å². The third-order valence-electron chi connectivity index (χ3n) is 5.55. The van der Waals surface area contributed by atoms with E-state index in [-0.39, 0.29) is 17.7 Å². The molecule has 1 fully saturated rings. The molecule has 2 heterocycles. The van der Waals surface area contributed by atoms with E-state index in [9.17, 15) is 9.65 Å². The third kappa shape index (κ3) is 4.16. The van der Waals surface area contributed by atoms with Gasteiger partial charge in [-0.25, -0.2) is 9.37 Å². The number of methoxy groups -OCH3 is 2. The maximum atomic E-state index is 13.4. The Morgan fingerprint density at radius 2 is 1.90 bits per heavy atom. The summed E-state index contributed by atoms with van der Waals surface area (Å²) >= 11 is 0. The number of hydrogen-bond acceptors (Lipinski definition) is 6. The molecule has 0 aliphatic carbocycles. The lowest BCUT2D eigenvalue weighted by atomic mass is 9.95. The van der Waals surface area contributed by atoms with Crippen LogP contribution in [0.4, 0.5) is 15.9 Å². The molecule has 0 spiro atoms. The van der Waals surface area contributed by atoms with Crippen molar-refractivity contribution in [1.29, 1.82) is 5.26 Å². The van der Waals surface area contributed by atoms with Gasteiger partial charge in [-0.15, -0.1) is 0 Å². The second-order valence-corrected chi connectivity index (χ2v) is 7.45. The van der Waals surface area contributed by atoms with Crippen LogP contribution in [-0.4, -0.2) is 38.4 Å². The number of ether oxygens (including phenoxy) is 2. The third-order valence-corrected chi connectivity index (χ3v) is 5.55. The van der Waals surface area contributed by atoms with Gasteiger partial charge in [0.05, 0.1) is 24.5 Å². The topological polar surface area (TPSA) is 84.4 Å². The molecule has 158 valence electrons. The fraction of sp³-hybridized carbons (Fsp3) is 0.250. The number of hydrogen-bond donors (Lipinski definition) is 1. The van der Waals surface area contributed by atoms with E-state index in [1.165, 1.54) is 12.1 Å². The Bertz CT molecular complexity index is 1140. The molecule has 1 aliphatic heterocycles. The second kappa shape index (κ2) is 8.62. The van der Waals surface area contributed by atoms with Crippen molar-refractivity contribution in [2.24, 2.45) is 0 Å². The fourth-order valence-electron chi connectivity index (χ4n) is 3.92. The molecule has 1 saturated heterocycles. The van der Waals surface area contributed by atoms with Gasteiger partial charge in [0, 0.05) is 43.1 Å². The number of pyridine rings is 1. The first kappa shape index (κ1) is 20.6. The summed E-state index contributed by atoms with van der Waals surface area (Å²) in [5, 5.41) is 9.98. The average molecular weight is 418 g/mol. The largest absolute Gasteiger partial charge is 0.497 e. The van der Waals surface area contributed by atoms with Gasteiger partial charge in [-0.05, 0) is 54.4 Å². The van der Waals surface area contributed by atoms with Gasteiger partial charge in [-0.3, -0.25) is 0 Å². The van der Waals surface area contributed by atoms with E-state index in [1.54, 1.807) is 32.4 Å². The Morgan fingerprint density at radius 3 is 2.55 bits per heavy atom. The Labute approximate surface area is 180 Å². The molecule has 4 rings (SSSR count). The van der Waals surface area contributed by atoms with Crippen LogP contribution in [0.15, 0.2) is 48.5 Å². The molecule has 0 saturated carbocycles. The molecule has 0 bridgehead atoms. The monoisotopic (exact) mass is 418 g/mol. The molecule has 1 aliphatic rings. The van der Waals surface area contributed by atoms with Crippen LogP contribution in [0.25, 0.3) is 22.4 Å². The summed E-state index contributed by atoms with van der Waals surface area (Å²) in [4.78, 5) is 6.60. The molecule has 1 aromatic heterocycles. The van der Waals surface area contributed by atoms with Crippen LogP contribution in [0.3, 0.4) is 0 Å². The van der Waals surface area contributed by atoms with Crippen molar-refractivity contribution in [2.75, 3.05) is 37.9 Å². The van der Waals surface area contributed by atoms with E-state index in [2.05, 4.69) is 16.0 Å². The molecule has 6 nitrogen and oxygen atoms in total. The van der Waals surface area contributed by atoms with Gasteiger partial charge in [0.1, 0.15) is 23.5 Å². The van der Waals surface area contributed by atoms with E-state index < -0.39 is 0 Å². The Hall–Kier alpha value is -3.63. The summed E-state index contributed by atoms with van der Waals surface area (Å²) in [6, 6.07) is 15.7. The second-order valence-electron chi connectivity index (χ2n) is 7.45. The van der Waals surface area contributed by atoms with Crippen molar-refractivity contribution in [1.82, 2.24) is 4.98 Å². The zero-order chi connectivity index (χ0) is 22.0. The summed E-state index contributed by atoms with van der Waals surface area (Å²) in [5.74, 6) is 0.595. The van der Waals surface area contributed by atoms with Gasteiger partial charge in [0.15, 0.2) is 0 Å². The summed E-state index contributed by atoms with van der Waals surface area (Å²) in [6.07, 6.45) is 1.13. The molecular formula is C24H23FN4O2. The van der Waals surface area contributed by atoms with Gasteiger partial charge < -0.3 is 20.1 Å². The maximum absolute atomic E-state index is 13.4. The van der Waals surface area contributed by atoms with Crippen LogP contribution >= 0.6 is 0 Å². The summed E-state index contributed by atoms with van der Waals surface area (Å²) in [6.45, 7) is 1.66. The predicted molar refractivity (Wildman–Crippen MR) is 118 cm³/mol. The van der Waals surface area contributed by atoms with Crippen molar-refractivity contribution in [2.45, 2.75) is 12.5 Å². The highest BCUT2D eigenvalue weighted by Crippen LogP contribution is 2.37. The minimum atomic E-state index is -0.358. The highest BCUT2D eigenvalue weighted by molar-refractivity contribution is 5.83. The molecule has 7 heteroatoms. The summed E-state index contributed by atoms with van der Waals surface area (Å²) in [7, 11) is 3.34.